The lowest BCUT2D eigenvalue weighted by Crippen LogP contribution is -2.35. The molecule has 3 aromatic rings. The van der Waals surface area contributed by atoms with E-state index in [1.165, 1.54) is 11.1 Å². The van der Waals surface area contributed by atoms with Crippen molar-refractivity contribution in [3.63, 3.8) is 0 Å². The second-order valence-electron chi connectivity index (χ2n) is 7.61. The Labute approximate surface area is 207 Å². The van der Waals surface area contributed by atoms with E-state index in [9.17, 15) is 9.59 Å². The Morgan fingerprint density at radius 3 is 2.44 bits per heavy atom. The van der Waals surface area contributed by atoms with E-state index < -0.39 is 11.8 Å². The van der Waals surface area contributed by atoms with Gasteiger partial charge in [0.05, 0.1) is 17.3 Å². The second kappa shape index (κ2) is 10.2. The molecule has 0 aromatic heterocycles. The molecule has 34 heavy (non-hydrogen) atoms. The van der Waals surface area contributed by atoms with Crippen molar-refractivity contribution in [3.8, 4) is 11.5 Å². The fourth-order valence-corrected chi connectivity index (χ4v) is 3.88. The summed E-state index contributed by atoms with van der Waals surface area (Å²) in [6.45, 7) is 4.41. The van der Waals surface area contributed by atoms with E-state index >= 15 is 0 Å². The Balaban J connectivity index is 1.62. The minimum Gasteiger partial charge on any atom is -0.490 e. The second-order valence-corrected chi connectivity index (χ2v) is 8.42. The van der Waals surface area contributed by atoms with Crippen LogP contribution in [0.3, 0.4) is 0 Å². The maximum absolute atomic E-state index is 13.0. The third kappa shape index (κ3) is 5.03. The van der Waals surface area contributed by atoms with Gasteiger partial charge in [0.2, 0.25) is 0 Å². The number of hydrogen-bond acceptors (Lipinski definition) is 4. The van der Waals surface area contributed by atoms with E-state index in [0.717, 1.165) is 11.1 Å². The predicted octanol–water partition coefficient (Wildman–Crippen LogP) is 5.74. The summed E-state index contributed by atoms with van der Waals surface area (Å²) >= 11 is 12.7. The number of carbonyl (C=O) groups excluding carboxylic acids is 2. The van der Waals surface area contributed by atoms with E-state index in [0.29, 0.717) is 46.0 Å². The minimum atomic E-state index is -0.528. The van der Waals surface area contributed by atoms with Crippen LogP contribution in [0.5, 0.6) is 11.5 Å². The summed E-state index contributed by atoms with van der Waals surface area (Å²) in [4.78, 5) is 25.6. The van der Waals surface area contributed by atoms with Crippen LogP contribution in [0.15, 0.2) is 66.2 Å². The van der Waals surface area contributed by atoms with Gasteiger partial charge in [0.15, 0.2) is 11.5 Å². The number of benzene rings is 3. The highest BCUT2D eigenvalue weighted by molar-refractivity contribution is 6.34. The van der Waals surface area contributed by atoms with Crippen molar-refractivity contribution in [3.05, 3.63) is 93.0 Å². The SMILES string of the molecule is CCOc1cc(/C=C2/C(=O)NN(c3ccc(C)c(Cl)c3)C2=O)cc(Cl)c1OCc1ccccc1. The number of hydrazine groups is 1. The van der Waals surface area contributed by atoms with Gasteiger partial charge in [-0.15, -0.1) is 0 Å². The van der Waals surface area contributed by atoms with Gasteiger partial charge < -0.3 is 9.47 Å². The van der Waals surface area contributed by atoms with E-state index in [1.807, 2.05) is 44.2 Å². The van der Waals surface area contributed by atoms with Gasteiger partial charge in [-0.2, -0.15) is 0 Å². The Kier molecular flexibility index (Phi) is 7.10. The number of nitrogens with zero attached hydrogens (tertiary/aromatic N) is 1. The first-order valence-electron chi connectivity index (χ1n) is 10.6. The van der Waals surface area contributed by atoms with Crippen molar-refractivity contribution in [1.29, 1.82) is 0 Å². The molecular formula is C26H22Cl2N2O4. The van der Waals surface area contributed by atoms with Gasteiger partial charge in [0, 0.05) is 5.02 Å². The van der Waals surface area contributed by atoms with Crippen molar-refractivity contribution in [1.82, 2.24) is 5.43 Å². The van der Waals surface area contributed by atoms with Crippen molar-refractivity contribution in [2.45, 2.75) is 20.5 Å². The topological polar surface area (TPSA) is 67.9 Å². The summed E-state index contributed by atoms with van der Waals surface area (Å²) in [6.07, 6.45) is 1.48. The van der Waals surface area contributed by atoms with Crippen LogP contribution < -0.4 is 19.9 Å². The van der Waals surface area contributed by atoms with Gasteiger partial charge in [0.1, 0.15) is 12.2 Å². The number of aryl methyl sites for hydroxylation is 1. The molecule has 1 aliphatic heterocycles. The molecule has 0 atom stereocenters. The van der Waals surface area contributed by atoms with Crippen LogP contribution in [0.1, 0.15) is 23.6 Å². The van der Waals surface area contributed by atoms with Crippen molar-refractivity contribution >= 4 is 46.8 Å². The Bertz CT molecular complexity index is 1280. The number of hydrogen-bond donors (Lipinski definition) is 1. The summed E-state index contributed by atoms with van der Waals surface area (Å²) in [6, 6.07) is 18.1. The lowest BCUT2D eigenvalue weighted by molar-refractivity contribution is -0.117. The van der Waals surface area contributed by atoms with Crippen LogP contribution in [-0.4, -0.2) is 18.4 Å². The van der Waals surface area contributed by atoms with Gasteiger partial charge in [-0.05, 0) is 60.9 Å². The number of carbonyl (C=O) groups is 2. The first kappa shape index (κ1) is 23.7. The number of ether oxygens (including phenoxy) is 2. The van der Waals surface area contributed by atoms with Crippen LogP contribution in [0, 0.1) is 6.92 Å². The molecule has 1 aliphatic rings. The summed E-state index contributed by atoms with van der Waals surface area (Å²) in [7, 11) is 0. The fourth-order valence-electron chi connectivity index (χ4n) is 3.43. The molecule has 3 aromatic carbocycles. The highest BCUT2D eigenvalue weighted by Crippen LogP contribution is 2.38. The number of rotatable bonds is 7. The number of nitrogens with one attached hydrogen (secondary N) is 1. The number of halogens is 2. The third-order valence-corrected chi connectivity index (χ3v) is 5.86. The molecule has 4 rings (SSSR count). The monoisotopic (exact) mass is 496 g/mol. The highest BCUT2D eigenvalue weighted by atomic mass is 35.5. The van der Waals surface area contributed by atoms with Crippen molar-refractivity contribution < 1.29 is 19.1 Å². The molecule has 0 aliphatic carbocycles. The van der Waals surface area contributed by atoms with Gasteiger partial charge in [0.25, 0.3) is 11.8 Å². The van der Waals surface area contributed by atoms with E-state index in [4.69, 9.17) is 32.7 Å². The maximum atomic E-state index is 13.0. The molecule has 8 heteroatoms. The fraction of sp³-hybridized carbons (Fsp3) is 0.154. The molecular weight excluding hydrogens is 475 g/mol. The standard InChI is InChI=1S/C26H22Cl2N2O4/c1-3-33-23-13-18(12-22(28)24(23)34-15-17-7-5-4-6-8-17)11-20-25(31)29-30(26(20)32)19-10-9-16(2)21(27)14-19/h4-14H,3,15H2,1-2H3,(H,29,31)/b20-11-. The molecule has 0 radical (unpaired) electrons. The van der Waals surface area contributed by atoms with Gasteiger partial charge in [-0.25, -0.2) is 5.01 Å². The van der Waals surface area contributed by atoms with Crippen LogP contribution in [0.25, 0.3) is 6.08 Å². The quantitative estimate of drug-likeness (QED) is 0.334. The molecule has 0 spiro atoms. The molecule has 1 saturated heterocycles. The zero-order valence-electron chi connectivity index (χ0n) is 18.6. The average Bonchev–Trinajstić information content (AvgIpc) is 3.09. The highest BCUT2D eigenvalue weighted by Gasteiger charge is 2.34. The largest absolute Gasteiger partial charge is 0.490 e. The Hall–Kier alpha value is -3.48. The lowest BCUT2D eigenvalue weighted by Gasteiger charge is -2.15. The summed E-state index contributed by atoms with van der Waals surface area (Å²) in [5.74, 6) is -0.206. The van der Waals surface area contributed by atoms with Crippen LogP contribution >= 0.6 is 23.2 Å². The minimum absolute atomic E-state index is 0.0341. The lowest BCUT2D eigenvalue weighted by atomic mass is 10.1. The molecule has 1 heterocycles. The predicted molar refractivity (Wildman–Crippen MR) is 133 cm³/mol. The van der Waals surface area contributed by atoms with E-state index in [-0.39, 0.29) is 5.57 Å². The molecule has 1 N–H and O–H groups in total. The van der Waals surface area contributed by atoms with Gasteiger partial charge in [-0.3, -0.25) is 15.0 Å². The summed E-state index contributed by atoms with van der Waals surface area (Å²) in [5.41, 5.74) is 5.38. The zero-order valence-corrected chi connectivity index (χ0v) is 20.1. The Morgan fingerprint density at radius 2 is 1.74 bits per heavy atom. The Morgan fingerprint density at radius 1 is 0.971 bits per heavy atom. The molecule has 0 saturated carbocycles. The first-order valence-corrected chi connectivity index (χ1v) is 11.4. The van der Waals surface area contributed by atoms with Gasteiger partial charge >= 0.3 is 0 Å². The zero-order chi connectivity index (χ0) is 24.2. The first-order chi connectivity index (χ1) is 16.4. The summed E-state index contributed by atoms with van der Waals surface area (Å²) < 4.78 is 11.7. The molecule has 0 unspecified atom stereocenters. The maximum Gasteiger partial charge on any atom is 0.282 e. The number of amides is 2. The molecule has 2 amide bonds. The molecule has 1 fully saturated rings. The number of anilines is 1. The third-order valence-electron chi connectivity index (χ3n) is 5.17. The van der Waals surface area contributed by atoms with E-state index in [1.54, 1.807) is 30.3 Å². The average molecular weight is 497 g/mol. The van der Waals surface area contributed by atoms with Crippen LogP contribution in [-0.2, 0) is 16.2 Å². The smallest absolute Gasteiger partial charge is 0.282 e. The van der Waals surface area contributed by atoms with Gasteiger partial charge in [-0.1, -0.05) is 59.6 Å². The summed E-state index contributed by atoms with van der Waals surface area (Å²) in [5, 5.41) is 1.97. The van der Waals surface area contributed by atoms with Crippen molar-refractivity contribution in [2.75, 3.05) is 11.6 Å². The molecule has 174 valence electrons. The van der Waals surface area contributed by atoms with Crippen LogP contribution in [0.4, 0.5) is 5.69 Å². The normalized spacial score (nSPS) is 14.5. The van der Waals surface area contributed by atoms with E-state index in [2.05, 4.69) is 5.43 Å². The molecule has 0 bridgehead atoms. The van der Waals surface area contributed by atoms with Crippen molar-refractivity contribution in [2.24, 2.45) is 0 Å². The molecule has 6 nitrogen and oxygen atoms in total. The van der Waals surface area contributed by atoms with Crippen LogP contribution in [0.2, 0.25) is 10.0 Å².